The molecule has 0 spiro atoms. The number of piperidine rings is 1. The molecule has 0 aliphatic carbocycles. The number of fused-ring (bicyclic) bond motifs is 1. The number of methoxy groups -OCH3 is 1. The maximum absolute atomic E-state index is 13.7. The van der Waals surface area contributed by atoms with Crippen LogP contribution in [0.2, 0.25) is 18.1 Å². The minimum atomic E-state index is -2.11. The predicted molar refractivity (Wildman–Crippen MR) is 165 cm³/mol. The second kappa shape index (κ2) is 14.5. The molecule has 0 unspecified atom stereocenters. The van der Waals surface area contributed by atoms with Crippen LogP contribution in [0.3, 0.4) is 0 Å². The minimum absolute atomic E-state index is 0.173. The van der Waals surface area contributed by atoms with Crippen LogP contribution >= 0.6 is 0 Å². The topological polar surface area (TPSA) is 78.0 Å². The highest BCUT2D eigenvalue weighted by molar-refractivity contribution is 6.73. The average molecular weight is 575 g/mol. The Kier molecular flexibility index (Phi) is 10.8. The Bertz CT molecular complexity index is 1330. The zero-order valence-electron chi connectivity index (χ0n) is 24.7. The van der Waals surface area contributed by atoms with E-state index in [1.807, 2.05) is 60.8 Å². The first-order chi connectivity index (χ1) is 19.9. The quantitative estimate of drug-likeness (QED) is 0.127. The maximum Gasteiger partial charge on any atom is 0.338 e. The van der Waals surface area contributed by atoms with Gasteiger partial charge in [0.2, 0.25) is 0 Å². The number of esters is 1. The van der Waals surface area contributed by atoms with Crippen LogP contribution in [0.4, 0.5) is 0 Å². The fraction of sp³-hybridized carbons (Fsp3) is 0.424. The van der Waals surface area contributed by atoms with E-state index in [0.29, 0.717) is 18.5 Å². The molecular weight excluding hydrogens is 532 g/mol. The van der Waals surface area contributed by atoms with Gasteiger partial charge in [0.05, 0.1) is 30.3 Å². The van der Waals surface area contributed by atoms with Crippen molar-refractivity contribution in [1.29, 1.82) is 0 Å². The van der Waals surface area contributed by atoms with Crippen LogP contribution < -0.4 is 4.74 Å². The Morgan fingerprint density at radius 1 is 1.07 bits per heavy atom. The number of hydrogen-bond acceptors (Lipinski definition) is 7. The lowest BCUT2D eigenvalue weighted by Gasteiger charge is -2.43. The van der Waals surface area contributed by atoms with E-state index in [1.165, 1.54) is 0 Å². The third-order valence-corrected chi connectivity index (χ3v) is 12.9. The molecule has 1 fully saturated rings. The third kappa shape index (κ3) is 7.31. The lowest BCUT2D eigenvalue weighted by molar-refractivity contribution is -0.131. The predicted octanol–water partition coefficient (Wildman–Crippen LogP) is 6.75. The number of benzene rings is 2. The highest BCUT2D eigenvalue weighted by Gasteiger charge is 2.42. The van der Waals surface area contributed by atoms with Crippen molar-refractivity contribution in [3.05, 3.63) is 84.1 Å². The molecule has 1 aliphatic heterocycles. The first kappa shape index (κ1) is 30.6. The summed E-state index contributed by atoms with van der Waals surface area (Å²) in [6, 6.07) is 19.4. The second-order valence-corrected chi connectivity index (χ2v) is 15.2. The summed E-state index contributed by atoms with van der Waals surface area (Å²) < 4.78 is 18.2. The van der Waals surface area contributed by atoms with Crippen molar-refractivity contribution in [3.63, 3.8) is 0 Å². The summed E-state index contributed by atoms with van der Waals surface area (Å²) in [5.41, 5.74) is 2.36. The molecule has 2 aromatic carbocycles. The van der Waals surface area contributed by atoms with Gasteiger partial charge in [0, 0.05) is 24.5 Å². The van der Waals surface area contributed by atoms with E-state index < -0.39 is 20.5 Å². The molecule has 2 atom stereocenters. The van der Waals surface area contributed by atoms with E-state index in [2.05, 4.69) is 30.7 Å². The van der Waals surface area contributed by atoms with Crippen LogP contribution in [0.1, 0.15) is 55.6 Å². The summed E-state index contributed by atoms with van der Waals surface area (Å²) in [7, 11) is -0.454. The van der Waals surface area contributed by atoms with Gasteiger partial charge in [0.1, 0.15) is 12.4 Å². The molecule has 7 nitrogen and oxygen atoms in total. The number of rotatable bonds is 13. The molecule has 0 N–H and O–H groups in total. The van der Waals surface area contributed by atoms with Gasteiger partial charge < -0.3 is 13.9 Å². The lowest BCUT2D eigenvalue weighted by atomic mass is 9.90. The number of ketones is 1. The van der Waals surface area contributed by atoms with E-state index in [-0.39, 0.29) is 18.4 Å². The maximum atomic E-state index is 13.7. The van der Waals surface area contributed by atoms with Crippen molar-refractivity contribution in [3.8, 4) is 5.75 Å². The number of Topliss-reactive ketones (excluding diaryl/α,β-unsaturated/α-hetero) is 1. The molecule has 41 heavy (non-hydrogen) atoms. The minimum Gasteiger partial charge on any atom is -0.497 e. The first-order valence-electron chi connectivity index (χ1n) is 14.7. The number of nitrogens with zero attached hydrogens (tertiary/aromatic N) is 2. The molecule has 2 heterocycles. The standard InChI is InChI=1S/C33H42N2O5Si/c1-5-41(6-2,7-3)40-32(27-19-20-34-29-18-17-26(38-4)24-28(27)29)31-30(36)16-13-22-35(31)21-11-12-23-39-33(37)25-14-9-8-10-15-25/h8-12,14-15,17-20,24,31-32H,5-7,13,16,21-23H2,1-4H3/b12-11-/t31-,32+/m0/s1. The zero-order valence-corrected chi connectivity index (χ0v) is 25.7. The van der Waals surface area contributed by atoms with Crippen molar-refractivity contribution < 1.29 is 23.5 Å². The van der Waals surface area contributed by atoms with E-state index in [4.69, 9.17) is 13.9 Å². The van der Waals surface area contributed by atoms with Crippen molar-refractivity contribution in [2.75, 3.05) is 26.8 Å². The van der Waals surface area contributed by atoms with Crippen molar-refractivity contribution in [2.24, 2.45) is 0 Å². The number of aromatic nitrogens is 1. The number of ether oxygens (including phenoxy) is 2. The van der Waals surface area contributed by atoms with Crippen molar-refractivity contribution >= 4 is 31.0 Å². The Hall–Kier alpha value is -3.33. The van der Waals surface area contributed by atoms with Crippen LogP contribution in [0, 0.1) is 0 Å². The Balaban J connectivity index is 1.63. The molecule has 1 saturated heterocycles. The lowest BCUT2D eigenvalue weighted by Crippen LogP contribution is -2.52. The summed E-state index contributed by atoms with van der Waals surface area (Å²) in [5.74, 6) is 0.592. The summed E-state index contributed by atoms with van der Waals surface area (Å²) in [6.45, 7) is 8.16. The third-order valence-electron chi connectivity index (χ3n) is 8.30. The van der Waals surface area contributed by atoms with Gasteiger partial charge in [-0.2, -0.15) is 0 Å². The van der Waals surface area contributed by atoms with Gasteiger partial charge >= 0.3 is 5.97 Å². The van der Waals surface area contributed by atoms with Crippen LogP contribution in [-0.2, 0) is 14.0 Å². The van der Waals surface area contributed by atoms with Crippen LogP contribution in [0.5, 0.6) is 5.75 Å². The normalized spacial score (nSPS) is 17.2. The fourth-order valence-electron chi connectivity index (χ4n) is 5.66. The molecule has 3 aromatic rings. The van der Waals surface area contributed by atoms with E-state index in [1.54, 1.807) is 19.2 Å². The molecule has 218 valence electrons. The summed E-state index contributed by atoms with van der Waals surface area (Å²) in [5, 5.41) is 0.949. The molecular formula is C33H42N2O5Si. The van der Waals surface area contributed by atoms with Crippen LogP contribution in [-0.4, -0.2) is 62.8 Å². The van der Waals surface area contributed by atoms with Crippen LogP contribution in [0.25, 0.3) is 10.9 Å². The van der Waals surface area contributed by atoms with Gasteiger partial charge in [-0.15, -0.1) is 0 Å². The smallest absolute Gasteiger partial charge is 0.338 e. The first-order valence-corrected chi connectivity index (χ1v) is 17.2. The monoisotopic (exact) mass is 574 g/mol. The average Bonchev–Trinajstić information content (AvgIpc) is 3.02. The molecule has 0 bridgehead atoms. The molecule has 8 heteroatoms. The number of carbonyl (C=O) groups is 2. The summed E-state index contributed by atoms with van der Waals surface area (Å²) in [4.78, 5) is 32.8. The fourth-order valence-corrected chi connectivity index (χ4v) is 8.46. The van der Waals surface area contributed by atoms with Gasteiger partial charge in [-0.05, 0) is 79.1 Å². The van der Waals surface area contributed by atoms with E-state index in [0.717, 1.165) is 53.3 Å². The van der Waals surface area contributed by atoms with Crippen molar-refractivity contribution in [2.45, 2.75) is 63.9 Å². The molecule has 0 radical (unpaired) electrons. The molecule has 0 amide bonds. The molecule has 1 aromatic heterocycles. The van der Waals surface area contributed by atoms with Gasteiger partial charge in [-0.25, -0.2) is 4.79 Å². The van der Waals surface area contributed by atoms with Crippen LogP contribution in [0.15, 0.2) is 72.9 Å². The second-order valence-electron chi connectivity index (χ2n) is 10.5. The molecule has 1 aliphatic rings. The van der Waals surface area contributed by atoms with Crippen molar-refractivity contribution in [1.82, 2.24) is 9.88 Å². The SMILES string of the molecule is CC[Si](CC)(CC)O[C@H](c1ccnc2ccc(OC)cc12)[C@@H]1C(=O)CCCN1C/C=C\COC(=O)c1ccccc1. The zero-order chi connectivity index (χ0) is 29.2. The van der Waals surface area contributed by atoms with Gasteiger partial charge in [0.25, 0.3) is 0 Å². The van der Waals surface area contributed by atoms with Gasteiger partial charge in [-0.3, -0.25) is 14.7 Å². The number of pyridine rings is 1. The number of hydrogen-bond donors (Lipinski definition) is 0. The largest absolute Gasteiger partial charge is 0.497 e. The van der Waals surface area contributed by atoms with E-state index >= 15 is 0 Å². The van der Waals surface area contributed by atoms with Gasteiger partial charge in [0.15, 0.2) is 14.1 Å². The number of carbonyl (C=O) groups excluding carboxylic acids is 2. The van der Waals surface area contributed by atoms with Gasteiger partial charge in [-0.1, -0.05) is 45.0 Å². The Morgan fingerprint density at radius 2 is 1.83 bits per heavy atom. The molecule has 0 saturated carbocycles. The number of likely N-dealkylation sites (tertiary alicyclic amines) is 1. The summed E-state index contributed by atoms with van der Waals surface area (Å²) in [6.07, 6.45) is 6.57. The summed E-state index contributed by atoms with van der Waals surface area (Å²) >= 11 is 0. The van der Waals surface area contributed by atoms with E-state index in [9.17, 15) is 9.59 Å². The Labute approximate surface area is 244 Å². The highest BCUT2D eigenvalue weighted by Crippen LogP contribution is 2.39. The highest BCUT2D eigenvalue weighted by atomic mass is 28.4. The molecule has 4 rings (SSSR count). The Morgan fingerprint density at radius 3 is 2.54 bits per heavy atom.